The highest BCUT2D eigenvalue weighted by atomic mass is 35.5. The molecule has 3 aromatic carbocycles. The van der Waals surface area contributed by atoms with Crippen molar-refractivity contribution in [1.29, 1.82) is 0 Å². The van der Waals surface area contributed by atoms with E-state index in [1.807, 2.05) is 42.5 Å². The molecule has 0 spiro atoms. The monoisotopic (exact) mass is 330 g/mol. The van der Waals surface area contributed by atoms with Crippen molar-refractivity contribution < 1.29 is 9.53 Å². The Morgan fingerprint density at radius 1 is 0.909 bits per heavy atom. The first-order valence-electron chi connectivity index (χ1n) is 6.74. The zero-order valence-electron chi connectivity index (χ0n) is 11.6. The molecular formula is C18H12Cl2O2. The van der Waals surface area contributed by atoms with Gasteiger partial charge in [-0.15, -0.1) is 0 Å². The molecule has 0 aliphatic heterocycles. The highest BCUT2D eigenvalue weighted by Gasteiger charge is 2.10. The maximum atomic E-state index is 12.1. The van der Waals surface area contributed by atoms with Crippen LogP contribution in [0.2, 0.25) is 10.0 Å². The van der Waals surface area contributed by atoms with Gasteiger partial charge in [0.25, 0.3) is 0 Å². The van der Waals surface area contributed by atoms with Crippen LogP contribution in [0.4, 0.5) is 0 Å². The first-order valence-corrected chi connectivity index (χ1v) is 7.49. The summed E-state index contributed by atoms with van der Waals surface area (Å²) in [5, 5.41) is 2.94. The van der Waals surface area contributed by atoms with E-state index in [4.69, 9.17) is 27.9 Å². The number of fused-ring (bicyclic) bond motifs is 1. The van der Waals surface area contributed by atoms with Crippen molar-refractivity contribution >= 4 is 39.9 Å². The fourth-order valence-corrected chi connectivity index (χ4v) is 2.57. The molecule has 0 bridgehead atoms. The van der Waals surface area contributed by atoms with Gasteiger partial charge in [-0.25, -0.2) is 4.79 Å². The third kappa shape index (κ3) is 3.08. The Hall–Kier alpha value is -2.03. The predicted molar refractivity (Wildman–Crippen MR) is 89.5 cm³/mol. The summed E-state index contributed by atoms with van der Waals surface area (Å²) in [6, 6.07) is 18.6. The number of halogens is 2. The van der Waals surface area contributed by atoms with Gasteiger partial charge in [-0.1, -0.05) is 65.7 Å². The lowest BCUT2D eigenvalue weighted by molar-refractivity contribution is 0.0474. The van der Waals surface area contributed by atoms with E-state index in [9.17, 15) is 4.79 Å². The van der Waals surface area contributed by atoms with E-state index in [-0.39, 0.29) is 6.61 Å². The molecule has 2 nitrogen and oxygen atoms in total. The zero-order chi connectivity index (χ0) is 15.5. The second-order valence-electron chi connectivity index (χ2n) is 4.84. The van der Waals surface area contributed by atoms with Crippen LogP contribution in [0.5, 0.6) is 0 Å². The predicted octanol–water partition coefficient (Wildman–Crippen LogP) is 5.50. The van der Waals surface area contributed by atoms with Gasteiger partial charge in [0, 0.05) is 0 Å². The van der Waals surface area contributed by atoms with Gasteiger partial charge in [0.15, 0.2) is 0 Å². The molecular weight excluding hydrogens is 319 g/mol. The Kier molecular flexibility index (Phi) is 4.32. The lowest BCUT2D eigenvalue weighted by Crippen LogP contribution is -2.05. The quantitative estimate of drug-likeness (QED) is 0.592. The van der Waals surface area contributed by atoms with E-state index < -0.39 is 5.97 Å². The van der Waals surface area contributed by atoms with Crippen molar-refractivity contribution in [3.05, 3.63) is 81.8 Å². The Morgan fingerprint density at radius 2 is 1.68 bits per heavy atom. The van der Waals surface area contributed by atoms with Crippen LogP contribution in [-0.4, -0.2) is 5.97 Å². The highest BCUT2D eigenvalue weighted by Crippen LogP contribution is 2.24. The molecule has 110 valence electrons. The molecule has 0 saturated heterocycles. The van der Waals surface area contributed by atoms with Crippen molar-refractivity contribution in [1.82, 2.24) is 0 Å². The number of hydrogen-bond donors (Lipinski definition) is 0. The largest absolute Gasteiger partial charge is 0.457 e. The molecule has 0 heterocycles. The van der Waals surface area contributed by atoms with Gasteiger partial charge in [0.1, 0.15) is 6.61 Å². The maximum Gasteiger partial charge on any atom is 0.338 e. The highest BCUT2D eigenvalue weighted by molar-refractivity contribution is 6.42. The summed E-state index contributed by atoms with van der Waals surface area (Å²) in [7, 11) is 0. The van der Waals surface area contributed by atoms with E-state index in [0.29, 0.717) is 15.6 Å². The molecule has 0 aliphatic carbocycles. The van der Waals surface area contributed by atoms with E-state index in [2.05, 4.69) is 0 Å². The molecule has 0 N–H and O–H groups in total. The number of rotatable bonds is 3. The van der Waals surface area contributed by atoms with Crippen LogP contribution in [0.3, 0.4) is 0 Å². The van der Waals surface area contributed by atoms with Gasteiger partial charge < -0.3 is 4.74 Å². The van der Waals surface area contributed by atoms with Crippen LogP contribution in [0.1, 0.15) is 15.9 Å². The average Bonchev–Trinajstić information content (AvgIpc) is 2.55. The second-order valence-corrected chi connectivity index (χ2v) is 5.66. The first-order chi connectivity index (χ1) is 10.6. The smallest absolute Gasteiger partial charge is 0.338 e. The summed E-state index contributed by atoms with van der Waals surface area (Å²) in [6.07, 6.45) is 0. The maximum absolute atomic E-state index is 12.1. The van der Waals surface area contributed by atoms with Crippen molar-refractivity contribution in [3.63, 3.8) is 0 Å². The van der Waals surface area contributed by atoms with Crippen LogP contribution in [0.25, 0.3) is 10.8 Å². The average molecular weight is 331 g/mol. The van der Waals surface area contributed by atoms with Crippen LogP contribution in [0, 0.1) is 0 Å². The lowest BCUT2D eigenvalue weighted by Gasteiger charge is -2.08. The van der Waals surface area contributed by atoms with Crippen molar-refractivity contribution in [2.24, 2.45) is 0 Å². The van der Waals surface area contributed by atoms with Gasteiger partial charge in [0.2, 0.25) is 0 Å². The van der Waals surface area contributed by atoms with Crippen LogP contribution >= 0.6 is 23.2 Å². The minimum atomic E-state index is -0.425. The third-order valence-corrected chi connectivity index (χ3v) is 4.13. The third-order valence-electron chi connectivity index (χ3n) is 3.39. The summed E-state index contributed by atoms with van der Waals surface area (Å²) < 4.78 is 5.38. The summed E-state index contributed by atoms with van der Waals surface area (Å²) >= 11 is 11.8. The number of hydrogen-bond acceptors (Lipinski definition) is 2. The second kappa shape index (κ2) is 6.39. The molecule has 22 heavy (non-hydrogen) atoms. The number of benzene rings is 3. The fraction of sp³-hybridized carbons (Fsp3) is 0.0556. The van der Waals surface area contributed by atoms with Gasteiger partial charge in [0.05, 0.1) is 15.6 Å². The van der Waals surface area contributed by atoms with E-state index in [1.165, 1.54) is 6.07 Å². The lowest BCUT2D eigenvalue weighted by atomic mass is 10.1. The van der Waals surface area contributed by atoms with Crippen LogP contribution < -0.4 is 0 Å². The van der Waals surface area contributed by atoms with Crippen molar-refractivity contribution in [2.75, 3.05) is 0 Å². The first kappa shape index (κ1) is 14.9. The minimum Gasteiger partial charge on any atom is -0.457 e. The molecule has 0 aliphatic rings. The van der Waals surface area contributed by atoms with Gasteiger partial charge in [-0.3, -0.25) is 0 Å². The minimum absolute atomic E-state index is 0.209. The molecule has 3 rings (SSSR count). The normalized spacial score (nSPS) is 10.6. The molecule has 3 aromatic rings. The van der Waals surface area contributed by atoms with E-state index >= 15 is 0 Å². The number of carbonyl (C=O) groups excluding carboxylic acids is 1. The Balaban J connectivity index is 1.79. The SMILES string of the molecule is O=C(OCc1cccc2ccccc12)c1ccc(Cl)c(Cl)c1. The molecule has 0 radical (unpaired) electrons. The number of carbonyl (C=O) groups is 1. The van der Waals surface area contributed by atoms with Gasteiger partial charge >= 0.3 is 5.97 Å². The Bertz CT molecular complexity index is 838. The molecule has 0 fully saturated rings. The van der Waals surface area contributed by atoms with Crippen molar-refractivity contribution in [2.45, 2.75) is 6.61 Å². The fourth-order valence-electron chi connectivity index (χ4n) is 2.27. The topological polar surface area (TPSA) is 26.3 Å². The van der Waals surface area contributed by atoms with Crippen LogP contribution in [0.15, 0.2) is 60.7 Å². The van der Waals surface area contributed by atoms with Gasteiger partial charge in [-0.05, 0) is 34.5 Å². The summed E-state index contributed by atoms with van der Waals surface area (Å²) in [6.45, 7) is 0.209. The number of esters is 1. The van der Waals surface area contributed by atoms with Crippen molar-refractivity contribution in [3.8, 4) is 0 Å². The van der Waals surface area contributed by atoms with Crippen LogP contribution in [-0.2, 0) is 11.3 Å². The summed E-state index contributed by atoms with van der Waals surface area (Å²) in [4.78, 5) is 12.1. The molecule has 0 saturated carbocycles. The van der Waals surface area contributed by atoms with E-state index in [0.717, 1.165) is 16.3 Å². The number of ether oxygens (including phenoxy) is 1. The Labute approximate surface area is 138 Å². The van der Waals surface area contributed by atoms with E-state index in [1.54, 1.807) is 12.1 Å². The molecule has 0 atom stereocenters. The molecule has 0 unspecified atom stereocenters. The standard InChI is InChI=1S/C18H12Cl2O2/c19-16-9-8-13(10-17(16)20)18(21)22-11-14-6-3-5-12-4-1-2-7-15(12)14/h1-10H,11H2. The summed E-state index contributed by atoms with van der Waals surface area (Å²) in [5.41, 5.74) is 1.35. The zero-order valence-corrected chi connectivity index (χ0v) is 13.1. The molecule has 4 heteroatoms. The molecule has 0 aromatic heterocycles. The van der Waals surface area contributed by atoms with Gasteiger partial charge in [-0.2, -0.15) is 0 Å². The summed E-state index contributed by atoms with van der Waals surface area (Å²) in [5.74, 6) is -0.425. The Morgan fingerprint density at radius 3 is 2.50 bits per heavy atom. The molecule has 0 amide bonds.